The molecule has 2 N–H and O–H groups in total. The van der Waals surface area contributed by atoms with Crippen molar-refractivity contribution in [3.63, 3.8) is 0 Å². The van der Waals surface area contributed by atoms with Crippen LogP contribution >= 0.6 is 0 Å². The lowest BCUT2D eigenvalue weighted by Gasteiger charge is -2.06. The van der Waals surface area contributed by atoms with Gasteiger partial charge in [-0.05, 0) is 42.7 Å². The molecule has 6 heteroatoms. The van der Waals surface area contributed by atoms with Gasteiger partial charge in [-0.1, -0.05) is 0 Å². The lowest BCUT2D eigenvalue weighted by molar-refractivity contribution is 0.187. The molecule has 24 heavy (non-hydrogen) atoms. The molecule has 0 spiro atoms. The molecule has 1 aliphatic heterocycles. The van der Waals surface area contributed by atoms with Crippen LogP contribution in [0.4, 0.5) is 10.5 Å². The number of methoxy groups -OCH3 is 1. The molecule has 3 rings (SSSR count). The van der Waals surface area contributed by atoms with Crippen molar-refractivity contribution >= 4 is 34.5 Å². The standard InChI is InChI=1S/C18H16N4O2/c1-24-18(23)22-14-4-5-17-15(8-14)16(11-21-17)13(9-19)7-12-3-2-6-20-10-12/h4-8,10-11,21H,2-3H2,1H3,(H,22,23)/b13-7+. The van der Waals surface area contributed by atoms with Gasteiger partial charge in [-0.25, -0.2) is 4.79 Å². The summed E-state index contributed by atoms with van der Waals surface area (Å²) in [6.07, 6.45) is 8.51. The first-order chi connectivity index (χ1) is 11.7. The molecule has 1 aromatic heterocycles. The second-order valence-electron chi connectivity index (χ2n) is 5.32. The number of fused-ring (bicyclic) bond motifs is 1. The van der Waals surface area contributed by atoms with Gasteiger partial charge in [0.2, 0.25) is 0 Å². The highest BCUT2D eigenvalue weighted by Gasteiger charge is 2.11. The minimum Gasteiger partial charge on any atom is -0.453 e. The van der Waals surface area contributed by atoms with Gasteiger partial charge in [0.15, 0.2) is 0 Å². The predicted octanol–water partition coefficient (Wildman–Crippen LogP) is 4.00. The van der Waals surface area contributed by atoms with Crippen molar-refractivity contribution in [1.82, 2.24) is 4.98 Å². The molecular formula is C18H16N4O2. The van der Waals surface area contributed by atoms with E-state index in [0.717, 1.165) is 34.9 Å². The van der Waals surface area contributed by atoms with Gasteiger partial charge >= 0.3 is 6.09 Å². The summed E-state index contributed by atoms with van der Waals surface area (Å²) in [6.45, 7) is 0. The topological polar surface area (TPSA) is 90.3 Å². The fraction of sp³-hybridized carbons (Fsp3) is 0.167. The van der Waals surface area contributed by atoms with Gasteiger partial charge in [-0.3, -0.25) is 10.3 Å². The maximum Gasteiger partial charge on any atom is 0.411 e. The van der Waals surface area contributed by atoms with Crippen molar-refractivity contribution in [2.24, 2.45) is 4.99 Å². The number of ether oxygens (including phenoxy) is 1. The zero-order chi connectivity index (χ0) is 16.9. The summed E-state index contributed by atoms with van der Waals surface area (Å²) in [5.74, 6) is 0. The Morgan fingerprint density at radius 3 is 3.08 bits per heavy atom. The van der Waals surface area contributed by atoms with E-state index in [0.29, 0.717) is 11.3 Å². The molecule has 120 valence electrons. The number of nitriles is 1. The lowest BCUT2D eigenvalue weighted by Crippen LogP contribution is -2.10. The number of hydrogen-bond donors (Lipinski definition) is 2. The van der Waals surface area contributed by atoms with Crippen molar-refractivity contribution < 1.29 is 9.53 Å². The van der Waals surface area contributed by atoms with E-state index in [2.05, 4.69) is 26.1 Å². The smallest absolute Gasteiger partial charge is 0.411 e. The number of aliphatic imine (C=N–C) groups is 1. The summed E-state index contributed by atoms with van der Waals surface area (Å²) >= 11 is 0. The molecule has 0 radical (unpaired) electrons. The zero-order valence-corrected chi connectivity index (χ0v) is 13.2. The molecule has 0 unspecified atom stereocenters. The third kappa shape index (κ3) is 3.20. The van der Waals surface area contributed by atoms with Crippen molar-refractivity contribution in [2.45, 2.75) is 12.8 Å². The Labute approximate surface area is 139 Å². The molecule has 0 saturated carbocycles. The number of nitrogens with one attached hydrogen (secondary N) is 2. The van der Waals surface area contributed by atoms with Crippen LogP contribution in [0.1, 0.15) is 18.4 Å². The minimum atomic E-state index is -0.535. The van der Waals surface area contributed by atoms with Crippen LogP contribution in [0.15, 0.2) is 47.2 Å². The van der Waals surface area contributed by atoms with E-state index in [9.17, 15) is 10.1 Å². The van der Waals surface area contributed by atoms with E-state index in [1.165, 1.54) is 7.11 Å². The number of rotatable bonds is 3. The third-order valence-corrected chi connectivity index (χ3v) is 3.76. The SMILES string of the molecule is COC(=O)Nc1ccc2[nH]cc(/C(C#N)=C/C3=CN=CCC3)c2c1. The van der Waals surface area contributed by atoms with Crippen LogP contribution in [0.3, 0.4) is 0 Å². The second kappa shape index (κ2) is 6.84. The van der Waals surface area contributed by atoms with Gasteiger partial charge in [-0.2, -0.15) is 5.26 Å². The van der Waals surface area contributed by atoms with Crippen LogP contribution in [0, 0.1) is 11.3 Å². The van der Waals surface area contributed by atoms with E-state index in [1.807, 2.05) is 24.4 Å². The Hall–Kier alpha value is -3.33. The highest BCUT2D eigenvalue weighted by molar-refractivity contribution is 5.99. The number of H-pyrrole nitrogens is 1. The molecule has 0 bridgehead atoms. The molecule has 0 saturated heterocycles. The number of carbonyl (C=O) groups is 1. The van der Waals surface area contributed by atoms with Crippen LogP contribution in [0.5, 0.6) is 0 Å². The molecule has 6 nitrogen and oxygen atoms in total. The Balaban J connectivity index is 2.01. The van der Waals surface area contributed by atoms with Crippen LogP contribution in [0.2, 0.25) is 0 Å². The molecule has 0 aliphatic carbocycles. The molecule has 1 amide bonds. The van der Waals surface area contributed by atoms with Crippen LogP contribution in [-0.2, 0) is 4.74 Å². The highest BCUT2D eigenvalue weighted by atomic mass is 16.5. The van der Waals surface area contributed by atoms with Gasteiger partial charge in [0, 0.05) is 40.8 Å². The van der Waals surface area contributed by atoms with Gasteiger partial charge in [0.25, 0.3) is 0 Å². The van der Waals surface area contributed by atoms with Crippen LogP contribution in [-0.4, -0.2) is 24.4 Å². The fourth-order valence-corrected chi connectivity index (χ4v) is 2.57. The fourth-order valence-electron chi connectivity index (χ4n) is 2.57. The predicted molar refractivity (Wildman–Crippen MR) is 93.7 cm³/mol. The number of benzene rings is 1. The summed E-state index contributed by atoms with van der Waals surface area (Å²) in [6, 6.07) is 7.69. The number of aromatic nitrogens is 1. The maximum absolute atomic E-state index is 11.4. The molecule has 1 aliphatic rings. The van der Waals surface area contributed by atoms with Crippen molar-refractivity contribution in [2.75, 3.05) is 12.4 Å². The highest BCUT2D eigenvalue weighted by Crippen LogP contribution is 2.29. The first kappa shape index (κ1) is 15.6. The van der Waals surface area contributed by atoms with E-state index < -0.39 is 6.09 Å². The van der Waals surface area contributed by atoms with Gasteiger partial charge in [-0.15, -0.1) is 0 Å². The van der Waals surface area contributed by atoms with Crippen molar-refractivity contribution in [3.05, 3.63) is 47.8 Å². The van der Waals surface area contributed by atoms with Gasteiger partial charge in [0.05, 0.1) is 18.8 Å². The number of hydrogen-bond acceptors (Lipinski definition) is 4. The first-order valence-corrected chi connectivity index (χ1v) is 7.50. The quantitative estimate of drug-likeness (QED) is 0.837. The Morgan fingerprint density at radius 2 is 2.38 bits per heavy atom. The minimum absolute atomic E-state index is 0.535. The lowest BCUT2D eigenvalue weighted by atomic mass is 10.0. The monoisotopic (exact) mass is 320 g/mol. The number of anilines is 1. The second-order valence-corrected chi connectivity index (χ2v) is 5.32. The Kier molecular flexibility index (Phi) is 4.43. The molecule has 0 fully saturated rings. The van der Waals surface area contributed by atoms with E-state index in [-0.39, 0.29) is 0 Å². The number of allylic oxidation sites excluding steroid dienone is 3. The third-order valence-electron chi connectivity index (χ3n) is 3.76. The molecular weight excluding hydrogens is 304 g/mol. The zero-order valence-electron chi connectivity index (χ0n) is 13.2. The molecule has 2 heterocycles. The van der Waals surface area contributed by atoms with E-state index >= 15 is 0 Å². The average molecular weight is 320 g/mol. The number of carbonyl (C=O) groups excluding carboxylic acids is 1. The average Bonchev–Trinajstić information content (AvgIpc) is 3.03. The Bertz CT molecular complexity index is 913. The molecule has 1 aromatic carbocycles. The Morgan fingerprint density at radius 1 is 1.50 bits per heavy atom. The van der Waals surface area contributed by atoms with E-state index in [4.69, 9.17) is 0 Å². The summed E-state index contributed by atoms with van der Waals surface area (Å²) in [5.41, 5.74) is 3.86. The normalized spacial score (nSPS) is 14.2. The van der Waals surface area contributed by atoms with Crippen LogP contribution in [0.25, 0.3) is 16.5 Å². The van der Waals surface area contributed by atoms with Gasteiger partial charge in [0.1, 0.15) is 0 Å². The van der Waals surface area contributed by atoms with Crippen molar-refractivity contribution in [3.8, 4) is 6.07 Å². The summed E-state index contributed by atoms with van der Waals surface area (Å²) in [7, 11) is 1.31. The molecule has 2 aromatic rings. The molecule has 0 atom stereocenters. The number of amides is 1. The summed E-state index contributed by atoms with van der Waals surface area (Å²) in [5, 5.41) is 13.0. The summed E-state index contributed by atoms with van der Waals surface area (Å²) in [4.78, 5) is 18.7. The van der Waals surface area contributed by atoms with Crippen LogP contribution < -0.4 is 5.32 Å². The summed E-state index contributed by atoms with van der Waals surface area (Å²) < 4.78 is 4.60. The van der Waals surface area contributed by atoms with E-state index in [1.54, 1.807) is 18.5 Å². The number of aromatic amines is 1. The first-order valence-electron chi connectivity index (χ1n) is 7.50. The van der Waals surface area contributed by atoms with Crippen molar-refractivity contribution in [1.29, 1.82) is 5.26 Å². The maximum atomic E-state index is 11.4. The number of nitrogens with zero attached hydrogens (tertiary/aromatic N) is 2. The largest absolute Gasteiger partial charge is 0.453 e. The van der Waals surface area contributed by atoms with Gasteiger partial charge < -0.3 is 9.72 Å².